The van der Waals surface area contributed by atoms with E-state index in [1.54, 1.807) is 42.5 Å². The van der Waals surface area contributed by atoms with Gasteiger partial charge in [-0.25, -0.2) is 8.42 Å². The molecule has 0 heterocycles. The normalized spacial score (nSPS) is 13.7. The molecule has 2 aromatic carbocycles. The summed E-state index contributed by atoms with van der Waals surface area (Å²) in [5.74, 6) is 1.31. The molecule has 26 heavy (non-hydrogen) atoms. The Balaban J connectivity index is 2.72. The molecule has 0 aliphatic carbocycles. The number of methoxy groups -OCH3 is 3. The summed E-state index contributed by atoms with van der Waals surface area (Å²) in [5.41, 5.74) is 0.573. The van der Waals surface area contributed by atoms with Crippen LogP contribution >= 0.6 is 0 Å². The molecule has 0 radical (unpaired) electrons. The van der Waals surface area contributed by atoms with Gasteiger partial charge in [-0.2, -0.15) is 0 Å². The molecule has 0 N–H and O–H groups in total. The van der Waals surface area contributed by atoms with Gasteiger partial charge in [0.2, 0.25) is 0 Å². The van der Waals surface area contributed by atoms with Crippen molar-refractivity contribution in [1.82, 2.24) is 0 Å². The molecule has 142 valence electrons. The minimum atomic E-state index is -3.62. The van der Waals surface area contributed by atoms with Crippen molar-refractivity contribution in [2.24, 2.45) is 5.92 Å². The molecule has 2 rings (SSSR count). The standard InChI is InChI=1S/C20H26O5S/c1-6-14(2)20(26(21,22)15-10-8-7-9-11-15)16-12-18(24-4)19(25-5)13-17(16)23-3/h7-14,20H,6H2,1-5H3. The van der Waals surface area contributed by atoms with E-state index < -0.39 is 15.1 Å². The lowest BCUT2D eigenvalue weighted by Gasteiger charge is -2.26. The molecule has 0 aliphatic rings. The van der Waals surface area contributed by atoms with Crippen LogP contribution in [0.2, 0.25) is 0 Å². The van der Waals surface area contributed by atoms with Gasteiger partial charge in [-0.3, -0.25) is 0 Å². The van der Waals surface area contributed by atoms with E-state index in [0.29, 0.717) is 34.1 Å². The van der Waals surface area contributed by atoms with E-state index in [2.05, 4.69) is 0 Å². The fourth-order valence-electron chi connectivity index (χ4n) is 3.03. The van der Waals surface area contributed by atoms with Crippen molar-refractivity contribution in [3.63, 3.8) is 0 Å². The van der Waals surface area contributed by atoms with Crippen molar-refractivity contribution in [3.05, 3.63) is 48.0 Å². The molecule has 0 saturated carbocycles. The molecule has 0 fully saturated rings. The van der Waals surface area contributed by atoms with Gasteiger partial charge in [0.05, 0.1) is 31.5 Å². The average Bonchev–Trinajstić information content (AvgIpc) is 2.67. The Morgan fingerprint density at radius 3 is 1.92 bits per heavy atom. The zero-order valence-corrected chi connectivity index (χ0v) is 16.7. The molecule has 6 heteroatoms. The van der Waals surface area contributed by atoms with Crippen molar-refractivity contribution in [1.29, 1.82) is 0 Å². The SMILES string of the molecule is CCC(C)C(c1cc(OC)c(OC)cc1OC)S(=O)(=O)c1ccccc1. The maximum absolute atomic E-state index is 13.4. The maximum Gasteiger partial charge on any atom is 0.185 e. The van der Waals surface area contributed by atoms with Gasteiger partial charge < -0.3 is 14.2 Å². The van der Waals surface area contributed by atoms with Crippen molar-refractivity contribution in [2.75, 3.05) is 21.3 Å². The first-order chi connectivity index (χ1) is 12.4. The van der Waals surface area contributed by atoms with Crippen LogP contribution in [0.1, 0.15) is 31.1 Å². The number of ether oxygens (including phenoxy) is 3. The monoisotopic (exact) mass is 378 g/mol. The summed E-state index contributed by atoms with van der Waals surface area (Å²) in [7, 11) is 0.960. The van der Waals surface area contributed by atoms with Gasteiger partial charge in [-0.05, 0) is 24.1 Å². The van der Waals surface area contributed by atoms with E-state index in [1.165, 1.54) is 21.3 Å². The largest absolute Gasteiger partial charge is 0.496 e. The van der Waals surface area contributed by atoms with Crippen LogP contribution in [0, 0.1) is 5.92 Å². The highest BCUT2D eigenvalue weighted by Crippen LogP contribution is 2.45. The van der Waals surface area contributed by atoms with Gasteiger partial charge in [-0.1, -0.05) is 38.5 Å². The van der Waals surface area contributed by atoms with Gasteiger partial charge in [0.15, 0.2) is 21.3 Å². The molecular formula is C20H26O5S. The zero-order chi connectivity index (χ0) is 19.3. The molecule has 0 spiro atoms. The van der Waals surface area contributed by atoms with Gasteiger partial charge >= 0.3 is 0 Å². The lowest BCUT2D eigenvalue weighted by Crippen LogP contribution is -2.21. The van der Waals surface area contributed by atoms with E-state index in [4.69, 9.17) is 14.2 Å². The summed E-state index contributed by atoms with van der Waals surface area (Å²) >= 11 is 0. The van der Waals surface area contributed by atoms with Crippen molar-refractivity contribution in [2.45, 2.75) is 30.4 Å². The lowest BCUT2D eigenvalue weighted by molar-refractivity contribution is 0.346. The predicted molar refractivity (Wildman–Crippen MR) is 102 cm³/mol. The van der Waals surface area contributed by atoms with Crippen LogP contribution in [-0.2, 0) is 9.84 Å². The number of hydrogen-bond donors (Lipinski definition) is 0. The van der Waals surface area contributed by atoms with Crippen molar-refractivity contribution < 1.29 is 22.6 Å². The number of rotatable bonds is 8. The van der Waals surface area contributed by atoms with Crippen LogP contribution in [0.4, 0.5) is 0 Å². The fraction of sp³-hybridized carbons (Fsp3) is 0.400. The molecule has 0 saturated heterocycles. The van der Waals surface area contributed by atoms with E-state index in [9.17, 15) is 8.42 Å². The number of benzene rings is 2. The van der Waals surface area contributed by atoms with E-state index in [1.807, 2.05) is 13.8 Å². The molecule has 2 atom stereocenters. The molecule has 2 unspecified atom stereocenters. The van der Waals surface area contributed by atoms with Gasteiger partial charge in [0.1, 0.15) is 5.75 Å². The average molecular weight is 378 g/mol. The number of sulfone groups is 1. The van der Waals surface area contributed by atoms with Crippen LogP contribution in [0.5, 0.6) is 17.2 Å². The molecule has 0 aromatic heterocycles. The highest BCUT2D eigenvalue weighted by molar-refractivity contribution is 7.91. The Hall–Kier alpha value is -2.21. The predicted octanol–water partition coefficient (Wildman–Crippen LogP) is 4.27. The van der Waals surface area contributed by atoms with E-state index in [-0.39, 0.29) is 5.92 Å². The van der Waals surface area contributed by atoms with E-state index in [0.717, 1.165) is 0 Å². The molecule has 5 nitrogen and oxygen atoms in total. The molecule has 2 aromatic rings. The minimum absolute atomic E-state index is 0.118. The quantitative estimate of drug-likeness (QED) is 0.686. The lowest BCUT2D eigenvalue weighted by atomic mass is 9.97. The highest BCUT2D eigenvalue weighted by atomic mass is 32.2. The molecule has 0 amide bonds. The third-order valence-corrected chi connectivity index (χ3v) is 6.93. The van der Waals surface area contributed by atoms with Crippen LogP contribution in [-0.4, -0.2) is 29.7 Å². The fourth-order valence-corrected chi connectivity index (χ4v) is 5.18. The summed E-state index contributed by atoms with van der Waals surface area (Å²) in [5, 5.41) is -0.760. The summed E-state index contributed by atoms with van der Waals surface area (Å²) in [6.45, 7) is 3.91. The summed E-state index contributed by atoms with van der Waals surface area (Å²) in [6.07, 6.45) is 0.703. The first-order valence-electron chi connectivity index (χ1n) is 8.49. The third-order valence-electron chi connectivity index (χ3n) is 4.61. The Morgan fingerprint density at radius 2 is 1.42 bits per heavy atom. The topological polar surface area (TPSA) is 61.8 Å². The Morgan fingerprint density at radius 1 is 0.885 bits per heavy atom. The molecule has 0 bridgehead atoms. The zero-order valence-electron chi connectivity index (χ0n) is 15.9. The van der Waals surface area contributed by atoms with Crippen LogP contribution in [0.25, 0.3) is 0 Å². The van der Waals surface area contributed by atoms with Crippen molar-refractivity contribution in [3.8, 4) is 17.2 Å². The first kappa shape index (κ1) is 20.1. The maximum atomic E-state index is 13.4. The summed E-state index contributed by atoms with van der Waals surface area (Å²) < 4.78 is 43.0. The van der Waals surface area contributed by atoms with E-state index >= 15 is 0 Å². The second-order valence-electron chi connectivity index (χ2n) is 6.11. The summed E-state index contributed by atoms with van der Waals surface area (Å²) in [6, 6.07) is 11.9. The van der Waals surface area contributed by atoms with Crippen molar-refractivity contribution >= 4 is 9.84 Å². The summed E-state index contributed by atoms with van der Waals surface area (Å²) in [4.78, 5) is 0.294. The molecule has 0 aliphatic heterocycles. The molecular weight excluding hydrogens is 352 g/mol. The highest BCUT2D eigenvalue weighted by Gasteiger charge is 2.36. The Bertz CT molecular complexity index is 831. The van der Waals surface area contributed by atoms with Gasteiger partial charge in [0.25, 0.3) is 0 Å². The van der Waals surface area contributed by atoms with Crippen LogP contribution in [0.3, 0.4) is 0 Å². The number of hydrogen-bond acceptors (Lipinski definition) is 5. The first-order valence-corrected chi connectivity index (χ1v) is 10.0. The second kappa shape index (κ2) is 8.45. The van der Waals surface area contributed by atoms with Gasteiger partial charge in [-0.15, -0.1) is 0 Å². The third kappa shape index (κ3) is 3.80. The second-order valence-corrected chi connectivity index (χ2v) is 8.18. The smallest absolute Gasteiger partial charge is 0.185 e. The Labute approximate surface area is 155 Å². The van der Waals surface area contributed by atoms with Gasteiger partial charge in [0, 0.05) is 11.6 Å². The minimum Gasteiger partial charge on any atom is -0.496 e. The van der Waals surface area contributed by atoms with Crippen LogP contribution in [0.15, 0.2) is 47.4 Å². The Kier molecular flexibility index (Phi) is 6.53. The van der Waals surface area contributed by atoms with Crippen LogP contribution < -0.4 is 14.2 Å².